The van der Waals surface area contributed by atoms with E-state index in [-0.39, 0.29) is 0 Å². The summed E-state index contributed by atoms with van der Waals surface area (Å²) in [6.07, 6.45) is 0.866. The highest BCUT2D eigenvalue weighted by atomic mass is 16.4. The van der Waals surface area contributed by atoms with Crippen LogP contribution in [0, 0.1) is 6.92 Å². The molecule has 2 N–H and O–H groups in total. The topological polar surface area (TPSA) is 53.1 Å². The van der Waals surface area contributed by atoms with Crippen LogP contribution < -0.4 is 0 Å². The van der Waals surface area contributed by atoms with Crippen LogP contribution in [-0.2, 0) is 13.0 Å². The molecular weight excluding hydrogens is 204 g/mol. The van der Waals surface area contributed by atoms with Gasteiger partial charge in [-0.3, -0.25) is 0 Å². The van der Waals surface area contributed by atoms with Crippen LogP contribution in [0.15, 0.2) is 0 Å². The summed E-state index contributed by atoms with van der Waals surface area (Å²) >= 11 is 0. The lowest BCUT2D eigenvalue weighted by Crippen LogP contribution is -2.33. The number of hydrogen-bond donors (Lipinski definition) is 2. The van der Waals surface area contributed by atoms with E-state index in [2.05, 4.69) is 33.1 Å². The second kappa shape index (κ2) is 4.29. The molecule has 0 bridgehead atoms. The largest absolute Gasteiger partial charge is 0.477 e. The van der Waals surface area contributed by atoms with Crippen LogP contribution in [0.3, 0.4) is 0 Å². The van der Waals surface area contributed by atoms with Gasteiger partial charge < -0.3 is 14.6 Å². The SMILES string of the molecule is CCc1c(C[N+](C)(C)C)[nH]c(C(=O)O)c1C. The lowest BCUT2D eigenvalue weighted by Gasteiger charge is -2.23. The Bertz CT molecular complexity index is 400. The molecule has 4 nitrogen and oxygen atoms in total. The van der Waals surface area contributed by atoms with Gasteiger partial charge in [-0.25, -0.2) is 4.79 Å². The van der Waals surface area contributed by atoms with Gasteiger partial charge in [0, 0.05) is 0 Å². The number of aromatic nitrogens is 1. The van der Waals surface area contributed by atoms with E-state index in [1.165, 1.54) is 0 Å². The van der Waals surface area contributed by atoms with E-state index >= 15 is 0 Å². The Balaban J connectivity index is 3.19. The van der Waals surface area contributed by atoms with Crippen molar-refractivity contribution >= 4 is 5.97 Å². The van der Waals surface area contributed by atoms with Gasteiger partial charge in [0.05, 0.1) is 26.8 Å². The van der Waals surface area contributed by atoms with Gasteiger partial charge in [-0.05, 0) is 24.5 Å². The highest BCUT2D eigenvalue weighted by Gasteiger charge is 2.21. The van der Waals surface area contributed by atoms with E-state index < -0.39 is 5.97 Å². The molecule has 1 rings (SSSR count). The maximum absolute atomic E-state index is 11.0. The number of carbonyl (C=O) groups is 1. The van der Waals surface area contributed by atoms with E-state index in [9.17, 15) is 4.79 Å². The third kappa shape index (κ3) is 2.64. The van der Waals surface area contributed by atoms with Crippen molar-refractivity contribution in [1.82, 2.24) is 4.98 Å². The van der Waals surface area contributed by atoms with E-state index in [0.29, 0.717) is 5.69 Å². The first-order chi connectivity index (χ1) is 7.26. The summed E-state index contributed by atoms with van der Waals surface area (Å²) in [5.74, 6) is -0.875. The van der Waals surface area contributed by atoms with Crippen molar-refractivity contribution in [2.24, 2.45) is 0 Å². The number of quaternary nitrogens is 1. The summed E-state index contributed by atoms with van der Waals surface area (Å²) in [4.78, 5) is 14.1. The standard InChI is InChI=1S/C12H20N2O2/c1-6-9-8(2)11(12(15)16)13-10(9)7-14(3,4)5/h13H,6-7H2,1-5H3/p+1. The maximum atomic E-state index is 11.0. The molecule has 4 heteroatoms. The van der Waals surface area contributed by atoms with Gasteiger partial charge in [-0.2, -0.15) is 0 Å². The molecule has 0 amide bonds. The summed E-state index contributed by atoms with van der Waals surface area (Å²) in [5.41, 5.74) is 3.40. The summed E-state index contributed by atoms with van der Waals surface area (Å²) in [6, 6.07) is 0. The Kier molecular flexibility index (Phi) is 3.43. The normalized spacial score (nSPS) is 11.8. The summed E-state index contributed by atoms with van der Waals surface area (Å²) in [7, 11) is 6.28. The van der Waals surface area contributed by atoms with Crippen molar-refractivity contribution in [3.63, 3.8) is 0 Å². The van der Waals surface area contributed by atoms with Crippen molar-refractivity contribution in [3.05, 3.63) is 22.5 Å². The fourth-order valence-corrected chi connectivity index (χ4v) is 2.00. The van der Waals surface area contributed by atoms with Crippen LogP contribution in [-0.4, -0.2) is 41.7 Å². The number of carboxylic acid groups (broad SMARTS) is 1. The van der Waals surface area contributed by atoms with Crippen LogP contribution in [0.2, 0.25) is 0 Å². The van der Waals surface area contributed by atoms with Gasteiger partial charge in [-0.15, -0.1) is 0 Å². The zero-order chi connectivity index (χ0) is 12.5. The molecule has 1 aromatic rings. The lowest BCUT2D eigenvalue weighted by molar-refractivity contribution is -0.884. The highest BCUT2D eigenvalue weighted by molar-refractivity contribution is 5.88. The fraction of sp³-hybridized carbons (Fsp3) is 0.583. The van der Waals surface area contributed by atoms with Crippen molar-refractivity contribution in [1.29, 1.82) is 0 Å². The molecule has 90 valence electrons. The molecule has 0 aliphatic rings. The molecule has 1 aromatic heterocycles. The first-order valence-electron chi connectivity index (χ1n) is 5.50. The Morgan fingerprint density at radius 3 is 2.31 bits per heavy atom. The van der Waals surface area contributed by atoms with Crippen LogP contribution in [0.25, 0.3) is 0 Å². The van der Waals surface area contributed by atoms with Gasteiger partial charge in [0.15, 0.2) is 0 Å². The molecular formula is C12H21N2O2+. The molecule has 16 heavy (non-hydrogen) atoms. The smallest absolute Gasteiger partial charge is 0.352 e. The first kappa shape index (κ1) is 12.8. The molecule has 0 fully saturated rings. The number of nitrogens with zero attached hydrogens (tertiary/aromatic N) is 1. The Hall–Kier alpha value is -1.29. The van der Waals surface area contributed by atoms with Gasteiger partial charge in [0.1, 0.15) is 12.2 Å². The number of nitrogens with one attached hydrogen (secondary N) is 1. The van der Waals surface area contributed by atoms with E-state index in [1.807, 2.05) is 6.92 Å². The molecule has 0 atom stereocenters. The predicted octanol–water partition coefficient (Wildman–Crippen LogP) is 1.79. The minimum atomic E-state index is -0.875. The number of aromatic amines is 1. The van der Waals surface area contributed by atoms with E-state index in [4.69, 9.17) is 5.11 Å². The second-order valence-corrected chi connectivity index (χ2v) is 5.19. The number of aromatic carboxylic acids is 1. The van der Waals surface area contributed by atoms with Crippen molar-refractivity contribution < 1.29 is 14.4 Å². The number of hydrogen-bond acceptors (Lipinski definition) is 1. The number of H-pyrrole nitrogens is 1. The summed E-state index contributed by atoms with van der Waals surface area (Å²) in [5, 5.41) is 9.06. The Morgan fingerprint density at radius 2 is 1.94 bits per heavy atom. The first-order valence-corrected chi connectivity index (χ1v) is 5.50. The highest BCUT2D eigenvalue weighted by Crippen LogP contribution is 2.21. The average Bonchev–Trinajstić information content (AvgIpc) is 2.39. The van der Waals surface area contributed by atoms with Crippen LogP contribution in [0.4, 0.5) is 0 Å². The van der Waals surface area contributed by atoms with Crippen molar-refractivity contribution in [2.75, 3.05) is 21.1 Å². The van der Waals surface area contributed by atoms with E-state index in [1.54, 1.807) is 0 Å². The van der Waals surface area contributed by atoms with Gasteiger partial charge in [0.2, 0.25) is 0 Å². The minimum Gasteiger partial charge on any atom is -0.477 e. The molecule has 1 heterocycles. The molecule has 0 aliphatic heterocycles. The second-order valence-electron chi connectivity index (χ2n) is 5.19. The zero-order valence-electron chi connectivity index (χ0n) is 10.7. The minimum absolute atomic E-state index is 0.334. The molecule has 0 saturated heterocycles. The molecule has 0 spiro atoms. The maximum Gasteiger partial charge on any atom is 0.352 e. The predicted molar refractivity (Wildman–Crippen MR) is 63.6 cm³/mol. The van der Waals surface area contributed by atoms with Crippen LogP contribution >= 0.6 is 0 Å². The molecule has 0 aliphatic carbocycles. The number of carboxylic acids is 1. The fourth-order valence-electron chi connectivity index (χ4n) is 2.00. The quantitative estimate of drug-likeness (QED) is 0.768. The van der Waals surface area contributed by atoms with Crippen LogP contribution in [0.1, 0.15) is 34.2 Å². The van der Waals surface area contributed by atoms with Gasteiger partial charge in [0.25, 0.3) is 0 Å². The average molecular weight is 225 g/mol. The van der Waals surface area contributed by atoms with Gasteiger partial charge in [-0.1, -0.05) is 6.92 Å². The van der Waals surface area contributed by atoms with Crippen molar-refractivity contribution in [3.8, 4) is 0 Å². The third-order valence-corrected chi connectivity index (χ3v) is 2.67. The molecule has 0 aromatic carbocycles. The number of rotatable bonds is 4. The third-order valence-electron chi connectivity index (χ3n) is 2.67. The summed E-state index contributed by atoms with van der Waals surface area (Å²) < 4.78 is 0.784. The molecule has 0 unspecified atom stereocenters. The lowest BCUT2D eigenvalue weighted by atomic mass is 10.1. The van der Waals surface area contributed by atoms with Crippen LogP contribution in [0.5, 0.6) is 0 Å². The van der Waals surface area contributed by atoms with Crippen molar-refractivity contribution in [2.45, 2.75) is 26.8 Å². The monoisotopic (exact) mass is 225 g/mol. The molecule has 0 saturated carbocycles. The van der Waals surface area contributed by atoms with E-state index in [0.717, 1.165) is 34.3 Å². The zero-order valence-corrected chi connectivity index (χ0v) is 10.7. The Labute approximate surface area is 96.5 Å². The Morgan fingerprint density at radius 1 is 1.38 bits per heavy atom. The molecule has 0 radical (unpaired) electrons. The van der Waals surface area contributed by atoms with Gasteiger partial charge >= 0.3 is 5.97 Å². The summed E-state index contributed by atoms with van der Waals surface area (Å²) in [6.45, 7) is 4.75.